The molecular weight excluding hydrogens is 350 g/mol. The molecule has 1 aromatic rings. The lowest BCUT2D eigenvalue weighted by Gasteiger charge is -2.35. The predicted molar refractivity (Wildman–Crippen MR) is 104 cm³/mol. The Morgan fingerprint density at radius 3 is 2.50 bits per heavy atom. The van der Waals surface area contributed by atoms with Crippen molar-refractivity contribution in [2.75, 3.05) is 57.7 Å². The molecule has 3 heterocycles. The molecule has 2 fully saturated rings. The Bertz CT molecular complexity index is 606. The molecule has 7 nitrogen and oxygen atoms in total. The highest BCUT2D eigenvalue weighted by Crippen LogP contribution is 2.18. The van der Waals surface area contributed by atoms with E-state index in [-0.39, 0.29) is 11.8 Å². The zero-order chi connectivity index (χ0) is 18.4. The number of nitrogens with zero attached hydrogens (tertiary/aromatic N) is 4. The number of piperazine rings is 1. The normalized spacial score (nSPS) is 18.8. The van der Waals surface area contributed by atoms with Gasteiger partial charge in [0.15, 0.2) is 5.13 Å². The van der Waals surface area contributed by atoms with Crippen molar-refractivity contribution in [2.45, 2.75) is 32.6 Å². The van der Waals surface area contributed by atoms with Crippen LogP contribution in [-0.2, 0) is 4.79 Å². The minimum absolute atomic E-state index is 0.00666. The number of hydrogen-bond donors (Lipinski definition) is 1. The summed E-state index contributed by atoms with van der Waals surface area (Å²) >= 11 is 1.48. The Morgan fingerprint density at radius 2 is 1.81 bits per heavy atom. The molecule has 0 bridgehead atoms. The minimum Gasteiger partial charge on any atom is -0.362 e. The summed E-state index contributed by atoms with van der Waals surface area (Å²) in [5.41, 5.74) is 0.520. The highest BCUT2D eigenvalue weighted by molar-refractivity contribution is 7.13. The molecule has 0 aliphatic carbocycles. The van der Waals surface area contributed by atoms with Crippen LogP contribution in [0.15, 0.2) is 5.38 Å². The van der Waals surface area contributed by atoms with Crippen molar-refractivity contribution >= 4 is 28.3 Å². The lowest BCUT2D eigenvalue weighted by molar-refractivity contribution is -0.133. The van der Waals surface area contributed by atoms with Gasteiger partial charge in [-0.05, 0) is 25.7 Å². The molecule has 2 aliphatic rings. The van der Waals surface area contributed by atoms with Crippen LogP contribution in [0.5, 0.6) is 0 Å². The quantitative estimate of drug-likeness (QED) is 0.815. The van der Waals surface area contributed by atoms with E-state index in [9.17, 15) is 9.59 Å². The standard InChI is InChI=1S/C18H29N5O2S/c1-2-6-19-18-20-15(14-26-18)17(25)23-11-9-21(10-12-23)13-16(24)22-7-4-3-5-8-22/h14H,2-13H2,1H3,(H,19,20). The Hall–Kier alpha value is -1.67. The number of likely N-dealkylation sites (tertiary alicyclic amines) is 1. The maximum absolute atomic E-state index is 12.6. The first-order chi connectivity index (χ1) is 12.7. The van der Waals surface area contributed by atoms with Gasteiger partial charge in [0.1, 0.15) is 5.69 Å². The number of aromatic nitrogens is 1. The minimum atomic E-state index is -0.00666. The number of carbonyl (C=O) groups excluding carboxylic acids is 2. The Balaban J connectivity index is 1.44. The number of anilines is 1. The molecule has 2 amide bonds. The summed E-state index contributed by atoms with van der Waals surface area (Å²) in [6, 6.07) is 0. The largest absolute Gasteiger partial charge is 0.362 e. The van der Waals surface area contributed by atoms with Crippen LogP contribution in [0.2, 0.25) is 0 Å². The van der Waals surface area contributed by atoms with Crippen molar-refractivity contribution in [1.29, 1.82) is 0 Å². The predicted octanol–water partition coefficient (Wildman–Crippen LogP) is 1.74. The number of thiazole rings is 1. The number of amides is 2. The van der Waals surface area contributed by atoms with Gasteiger partial charge in [0.2, 0.25) is 5.91 Å². The molecular formula is C18H29N5O2S. The van der Waals surface area contributed by atoms with E-state index in [4.69, 9.17) is 0 Å². The highest BCUT2D eigenvalue weighted by atomic mass is 32.1. The van der Waals surface area contributed by atoms with Crippen molar-refractivity contribution in [2.24, 2.45) is 0 Å². The van der Waals surface area contributed by atoms with Gasteiger partial charge in [-0.2, -0.15) is 0 Å². The Morgan fingerprint density at radius 1 is 1.08 bits per heavy atom. The van der Waals surface area contributed by atoms with E-state index in [0.29, 0.717) is 25.3 Å². The van der Waals surface area contributed by atoms with E-state index in [1.165, 1.54) is 17.8 Å². The summed E-state index contributed by atoms with van der Waals surface area (Å²) < 4.78 is 0. The molecule has 0 radical (unpaired) electrons. The fraction of sp³-hybridized carbons (Fsp3) is 0.722. The molecule has 1 N–H and O–H groups in total. The average molecular weight is 380 g/mol. The van der Waals surface area contributed by atoms with Crippen LogP contribution in [0.3, 0.4) is 0 Å². The second-order valence-corrected chi connectivity index (χ2v) is 7.83. The van der Waals surface area contributed by atoms with Crippen LogP contribution >= 0.6 is 11.3 Å². The molecule has 3 rings (SSSR count). The molecule has 144 valence electrons. The molecule has 0 atom stereocenters. The van der Waals surface area contributed by atoms with Crippen molar-refractivity contribution in [3.63, 3.8) is 0 Å². The van der Waals surface area contributed by atoms with Crippen LogP contribution in [0.4, 0.5) is 5.13 Å². The number of hydrogen-bond acceptors (Lipinski definition) is 6. The number of rotatable bonds is 6. The van der Waals surface area contributed by atoms with Gasteiger partial charge in [0.05, 0.1) is 6.54 Å². The van der Waals surface area contributed by atoms with Gasteiger partial charge in [0.25, 0.3) is 5.91 Å². The summed E-state index contributed by atoms with van der Waals surface area (Å²) in [6.45, 7) is 8.04. The monoisotopic (exact) mass is 379 g/mol. The summed E-state index contributed by atoms with van der Waals surface area (Å²) in [4.78, 5) is 35.4. The third kappa shape index (κ3) is 4.94. The van der Waals surface area contributed by atoms with Crippen molar-refractivity contribution < 1.29 is 9.59 Å². The lowest BCUT2D eigenvalue weighted by atomic mass is 10.1. The average Bonchev–Trinajstić information content (AvgIpc) is 3.16. The molecule has 2 saturated heterocycles. The van der Waals surface area contributed by atoms with E-state index in [2.05, 4.69) is 22.1 Å². The van der Waals surface area contributed by atoms with Crippen LogP contribution in [-0.4, -0.2) is 83.9 Å². The first-order valence-electron chi connectivity index (χ1n) is 9.66. The number of carbonyl (C=O) groups is 2. The van der Waals surface area contributed by atoms with Crippen molar-refractivity contribution in [3.05, 3.63) is 11.1 Å². The second-order valence-electron chi connectivity index (χ2n) is 6.97. The zero-order valence-corrected chi connectivity index (χ0v) is 16.4. The molecule has 1 aromatic heterocycles. The number of piperidine rings is 1. The van der Waals surface area contributed by atoms with Crippen LogP contribution in [0, 0.1) is 0 Å². The number of nitrogens with one attached hydrogen (secondary N) is 1. The van der Waals surface area contributed by atoms with Crippen molar-refractivity contribution in [1.82, 2.24) is 19.7 Å². The molecule has 26 heavy (non-hydrogen) atoms. The van der Waals surface area contributed by atoms with Crippen LogP contribution in [0.25, 0.3) is 0 Å². The van der Waals surface area contributed by atoms with E-state index < -0.39 is 0 Å². The SMILES string of the molecule is CCCNc1nc(C(=O)N2CCN(CC(=O)N3CCCCC3)CC2)cs1. The summed E-state index contributed by atoms with van der Waals surface area (Å²) in [7, 11) is 0. The highest BCUT2D eigenvalue weighted by Gasteiger charge is 2.26. The van der Waals surface area contributed by atoms with Gasteiger partial charge in [-0.1, -0.05) is 6.92 Å². The molecule has 0 unspecified atom stereocenters. The lowest BCUT2D eigenvalue weighted by Crippen LogP contribution is -2.52. The Labute approximate surface area is 159 Å². The second kappa shape index (κ2) is 9.32. The fourth-order valence-corrected chi connectivity index (χ4v) is 4.10. The maximum atomic E-state index is 12.6. The maximum Gasteiger partial charge on any atom is 0.273 e. The van der Waals surface area contributed by atoms with Gasteiger partial charge in [-0.3, -0.25) is 14.5 Å². The molecule has 0 spiro atoms. The fourth-order valence-electron chi connectivity index (χ4n) is 3.39. The van der Waals surface area contributed by atoms with Crippen LogP contribution in [0.1, 0.15) is 43.1 Å². The van der Waals surface area contributed by atoms with Gasteiger partial charge in [-0.15, -0.1) is 11.3 Å². The summed E-state index contributed by atoms with van der Waals surface area (Å²) in [5.74, 6) is 0.225. The van der Waals surface area contributed by atoms with Crippen LogP contribution < -0.4 is 5.32 Å². The summed E-state index contributed by atoms with van der Waals surface area (Å²) in [6.07, 6.45) is 4.51. The smallest absolute Gasteiger partial charge is 0.273 e. The van der Waals surface area contributed by atoms with E-state index in [0.717, 1.165) is 57.1 Å². The molecule has 8 heteroatoms. The van der Waals surface area contributed by atoms with E-state index in [1.807, 2.05) is 15.2 Å². The van der Waals surface area contributed by atoms with E-state index in [1.54, 1.807) is 0 Å². The van der Waals surface area contributed by atoms with Gasteiger partial charge < -0.3 is 15.1 Å². The first kappa shape index (κ1) is 19.1. The summed E-state index contributed by atoms with van der Waals surface area (Å²) in [5, 5.41) is 5.85. The molecule has 2 aliphatic heterocycles. The molecule has 0 saturated carbocycles. The third-order valence-corrected chi connectivity index (χ3v) is 5.78. The van der Waals surface area contributed by atoms with Gasteiger partial charge in [0, 0.05) is 51.2 Å². The van der Waals surface area contributed by atoms with Crippen molar-refractivity contribution in [3.8, 4) is 0 Å². The first-order valence-corrected chi connectivity index (χ1v) is 10.5. The zero-order valence-electron chi connectivity index (χ0n) is 15.6. The van der Waals surface area contributed by atoms with E-state index >= 15 is 0 Å². The molecule has 0 aromatic carbocycles. The third-order valence-electron chi connectivity index (χ3n) is 4.98. The van der Waals surface area contributed by atoms with Gasteiger partial charge >= 0.3 is 0 Å². The topological polar surface area (TPSA) is 68.8 Å². The van der Waals surface area contributed by atoms with Gasteiger partial charge in [-0.25, -0.2) is 4.98 Å². The Kier molecular flexibility index (Phi) is 6.85.